The van der Waals surface area contributed by atoms with Gasteiger partial charge in [0.25, 0.3) is 5.91 Å². The van der Waals surface area contributed by atoms with Gasteiger partial charge < -0.3 is 10.3 Å². The van der Waals surface area contributed by atoms with Gasteiger partial charge in [0.15, 0.2) is 0 Å². The third-order valence-corrected chi connectivity index (χ3v) is 4.12. The minimum absolute atomic E-state index is 0.0758. The number of nitrogens with one attached hydrogen (secondary N) is 2. The van der Waals surface area contributed by atoms with E-state index in [1.807, 2.05) is 67.6 Å². The van der Waals surface area contributed by atoms with Crippen LogP contribution in [0.15, 0.2) is 60.7 Å². The van der Waals surface area contributed by atoms with Crippen molar-refractivity contribution in [1.29, 1.82) is 0 Å². The lowest BCUT2D eigenvalue weighted by atomic mass is 9.96. The molecule has 0 bridgehead atoms. The standard InChI is InChI=1S/C21H22N2O/c1-14(2)20-19(21(24)23-17-12-8-5-9-13-17)18(15(3)22-20)16-10-6-4-7-11-16/h4-14,22H,1-3H3,(H,23,24). The van der Waals surface area contributed by atoms with Crippen LogP contribution in [0.4, 0.5) is 5.69 Å². The maximum atomic E-state index is 13.0. The molecule has 0 atom stereocenters. The number of anilines is 1. The zero-order valence-corrected chi connectivity index (χ0v) is 14.3. The van der Waals surface area contributed by atoms with Crippen LogP contribution in [0.25, 0.3) is 11.1 Å². The average molecular weight is 318 g/mol. The van der Waals surface area contributed by atoms with E-state index in [2.05, 4.69) is 24.1 Å². The highest BCUT2D eigenvalue weighted by Gasteiger charge is 2.24. The molecule has 1 heterocycles. The Bertz CT molecular complexity index is 833. The van der Waals surface area contributed by atoms with Gasteiger partial charge in [-0.3, -0.25) is 4.79 Å². The van der Waals surface area contributed by atoms with Crippen LogP contribution in [0.1, 0.15) is 41.5 Å². The van der Waals surface area contributed by atoms with Crippen molar-refractivity contribution < 1.29 is 4.79 Å². The molecular weight excluding hydrogens is 296 g/mol. The van der Waals surface area contributed by atoms with Crippen LogP contribution < -0.4 is 5.32 Å². The minimum atomic E-state index is -0.0758. The first-order valence-electron chi connectivity index (χ1n) is 8.22. The summed E-state index contributed by atoms with van der Waals surface area (Å²) in [5.74, 6) is 0.158. The van der Waals surface area contributed by atoms with Crippen molar-refractivity contribution in [3.05, 3.63) is 77.6 Å². The smallest absolute Gasteiger partial charge is 0.258 e. The highest BCUT2D eigenvalue weighted by molar-refractivity contribution is 6.10. The number of H-pyrrole nitrogens is 1. The summed E-state index contributed by atoms with van der Waals surface area (Å²) in [5, 5.41) is 3.02. The van der Waals surface area contributed by atoms with Gasteiger partial charge >= 0.3 is 0 Å². The molecule has 0 radical (unpaired) electrons. The molecule has 122 valence electrons. The SMILES string of the molecule is Cc1[nH]c(C(C)C)c(C(=O)Nc2ccccc2)c1-c1ccccc1. The second-order valence-corrected chi connectivity index (χ2v) is 6.25. The molecule has 24 heavy (non-hydrogen) atoms. The van der Waals surface area contributed by atoms with Crippen LogP contribution in [0.2, 0.25) is 0 Å². The first kappa shape index (κ1) is 16.1. The quantitative estimate of drug-likeness (QED) is 0.667. The van der Waals surface area contributed by atoms with Crippen LogP contribution in [0.3, 0.4) is 0 Å². The Morgan fingerprint density at radius 3 is 2.12 bits per heavy atom. The summed E-state index contributed by atoms with van der Waals surface area (Å²) in [5.41, 5.74) is 5.56. The molecule has 2 aromatic carbocycles. The second-order valence-electron chi connectivity index (χ2n) is 6.25. The average Bonchev–Trinajstić information content (AvgIpc) is 2.94. The fourth-order valence-electron chi connectivity index (χ4n) is 3.00. The molecule has 0 fully saturated rings. The molecule has 0 aliphatic rings. The number of aryl methyl sites for hydroxylation is 1. The van der Waals surface area contributed by atoms with Gasteiger partial charge in [-0.1, -0.05) is 62.4 Å². The van der Waals surface area contributed by atoms with E-state index in [1.165, 1.54) is 0 Å². The van der Waals surface area contributed by atoms with Gasteiger partial charge in [-0.25, -0.2) is 0 Å². The van der Waals surface area contributed by atoms with Gasteiger partial charge in [-0.05, 0) is 30.5 Å². The molecule has 2 N–H and O–H groups in total. The molecule has 0 unspecified atom stereocenters. The molecular formula is C21H22N2O. The number of benzene rings is 2. The zero-order valence-electron chi connectivity index (χ0n) is 14.3. The monoisotopic (exact) mass is 318 g/mol. The van der Waals surface area contributed by atoms with Gasteiger partial charge in [0, 0.05) is 22.6 Å². The lowest BCUT2D eigenvalue weighted by Crippen LogP contribution is -2.14. The molecule has 3 aromatic rings. The van der Waals surface area contributed by atoms with Crippen molar-refractivity contribution in [3.8, 4) is 11.1 Å². The topological polar surface area (TPSA) is 44.9 Å². The Morgan fingerprint density at radius 2 is 1.54 bits per heavy atom. The van der Waals surface area contributed by atoms with Gasteiger partial charge in [-0.15, -0.1) is 0 Å². The Kier molecular flexibility index (Phi) is 4.52. The first-order chi connectivity index (χ1) is 11.6. The normalized spacial score (nSPS) is 10.8. The number of hydrogen-bond acceptors (Lipinski definition) is 1. The third kappa shape index (κ3) is 3.11. The Balaban J connectivity index is 2.09. The third-order valence-electron chi connectivity index (χ3n) is 4.12. The van der Waals surface area contributed by atoms with Gasteiger partial charge in [0.1, 0.15) is 0 Å². The number of para-hydroxylation sites is 1. The van der Waals surface area contributed by atoms with E-state index in [1.54, 1.807) is 0 Å². The summed E-state index contributed by atoms with van der Waals surface area (Å²) in [6.07, 6.45) is 0. The van der Waals surface area contributed by atoms with Gasteiger partial charge in [-0.2, -0.15) is 0 Å². The highest BCUT2D eigenvalue weighted by atomic mass is 16.1. The van der Waals surface area contributed by atoms with E-state index in [0.29, 0.717) is 0 Å². The predicted octanol–water partition coefficient (Wildman–Crippen LogP) is 5.37. The van der Waals surface area contributed by atoms with Crippen LogP contribution in [-0.4, -0.2) is 10.9 Å². The number of rotatable bonds is 4. The van der Waals surface area contributed by atoms with E-state index >= 15 is 0 Å². The number of aromatic amines is 1. The molecule has 3 nitrogen and oxygen atoms in total. The number of aromatic nitrogens is 1. The summed E-state index contributed by atoms with van der Waals surface area (Å²) in [6, 6.07) is 19.6. The molecule has 3 heteroatoms. The molecule has 1 aromatic heterocycles. The number of amides is 1. The van der Waals surface area contributed by atoms with E-state index < -0.39 is 0 Å². The first-order valence-corrected chi connectivity index (χ1v) is 8.22. The van der Waals surface area contributed by atoms with Crippen LogP contribution in [0, 0.1) is 6.92 Å². The minimum Gasteiger partial charge on any atom is -0.361 e. The Labute approximate surface area is 142 Å². The largest absolute Gasteiger partial charge is 0.361 e. The Morgan fingerprint density at radius 1 is 0.958 bits per heavy atom. The number of carbonyl (C=O) groups excluding carboxylic acids is 1. The summed E-state index contributed by atoms with van der Waals surface area (Å²) >= 11 is 0. The molecule has 0 aliphatic heterocycles. The van der Waals surface area contributed by atoms with Crippen molar-refractivity contribution in [2.45, 2.75) is 26.7 Å². The van der Waals surface area contributed by atoms with E-state index in [0.717, 1.165) is 33.8 Å². The molecule has 0 saturated heterocycles. The summed E-state index contributed by atoms with van der Waals surface area (Å²) in [7, 11) is 0. The predicted molar refractivity (Wildman–Crippen MR) is 99.4 cm³/mol. The molecule has 0 spiro atoms. The highest BCUT2D eigenvalue weighted by Crippen LogP contribution is 2.33. The lowest BCUT2D eigenvalue weighted by Gasteiger charge is -2.11. The molecule has 0 aliphatic carbocycles. The van der Waals surface area contributed by atoms with Crippen LogP contribution >= 0.6 is 0 Å². The van der Waals surface area contributed by atoms with Crippen LogP contribution in [0.5, 0.6) is 0 Å². The van der Waals surface area contributed by atoms with Gasteiger partial charge in [0.2, 0.25) is 0 Å². The number of carbonyl (C=O) groups is 1. The van der Waals surface area contributed by atoms with E-state index in [-0.39, 0.29) is 11.8 Å². The maximum absolute atomic E-state index is 13.0. The molecule has 0 saturated carbocycles. The summed E-state index contributed by atoms with van der Waals surface area (Å²) in [6.45, 7) is 6.21. The summed E-state index contributed by atoms with van der Waals surface area (Å²) < 4.78 is 0. The molecule has 3 rings (SSSR count). The van der Waals surface area contributed by atoms with Crippen LogP contribution in [-0.2, 0) is 0 Å². The Hall–Kier alpha value is -2.81. The van der Waals surface area contributed by atoms with E-state index in [4.69, 9.17) is 0 Å². The lowest BCUT2D eigenvalue weighted by molar-refractivity contribution is 0.102. The fraction of sp³-hybridized carbons (Fsp3) is 0.190. The van der Waals surface area contributed by atoms with E-state index in [9.17, 15) is 4.79 Å². The van der Waals surface area contributed by atoms with Crippen molar-refractivity contribution >= 4 is 11.6 Å². The van der Waals surface area contributed by atoms with Crippen molar-refractivity contribution in [2.75, 3.05) is 5.32 Å². The fourth-order valence-corrected chi connectivity index (χ4v) is 3.00. The zero-order chi connectivity index (χ0) is 17.1. The second kappa shape index (κ2) is 6.75. The molecule has 1 amide bonds. The number of hydrogen-bond donors (Lipinski definition) is 2. The van der Waals surface area contributed by atoms with Crippen molar-refractivity contribution in [2.24, 2.45) is 0 Å². The maximum Gasteiger partial charge on any atom is 0.258 e. The van der Waals surface area contributed by atoms with Gasteiger partial charge in [0.05, 0.1) is 5.56 Å². The van der Waals surface area contributed by atoms with Crippen molar-refractivity contribution in [1.82, 2.24) is 4.98 Å². The van der Waals surface area contributed by atoms with Crippen molar-refractivity contribution in [3.63, 3.8) is 0 Å². The summed E-state index contributed by atoms with van der Waals surface area (Å²) in [4.78, 5) is 16.4.